The van der Waals surface area contributed by atoms with Crippen molar-refractivity contribution < 1.29 is 9.59 Å². The Labute approximate surface area is 170 Å². The molecule has 0 fully saturated rings. The number of carbonyl (C=O) groups excluding carboxylic acids is 2. The van der Waals surface area contributed by atoms with Crippen LogP contribution in [0.25, 0.3) is 10.8 Å². The van der Waals surface area contributed by atoms with Crippen LogP contribution in [0.2, 0.25) is 0 Å². The number of amides is 2. The van der Waals surface area contributed by atoms with Crippen LogP contribution in [0.1, 0.15) is 58.8 Å². The first kappa shape index (κ1) is 19.2. The minimum Gasteiger partial charge on any atom is -0.371 e. The van der Waals surface area contributed by atoms with Crippen molar-refractivity contribution in [3.63, 3.8) is 0 Å². The highest BCUT2D eigenvalue weighted by atomic mass is 16.2. The van der Waals surface area contributed by atoms with Crippen molar-refractivity contribution in [3.05, 3.63) is 52.8 Å². The Morgan fingerprint density at radius 2 is 1.62 bits per heavy atom. The standard InChI is InChI=1S/C23H26N4O2/c1-5-12-26(13-6-2)19-11-10-18-20-16(19)8-7-9-17(20)22(28)27(23(18)29)21-14(3)24-25-15(21)4/h7-11H,5-6,12-13H2,1-4H3,(H,24,25). The highest BCUT2D eigenvalue weighted by Crippen LogP contribution is 2.38. The first-order valence-corrected chi connectivity index (χ1v) is 10.2. The molecular formula is C23H26N4O2. The fraction of sp³-hybridized carbons (Fsp3) is 0.348. The molecule has 2 aromatic carbocycles. The summed E-state index contributed by atoms with van der Waals surface area (Å²) in [4.78, 5) is 30.4. The van der Waals surface area contributed by atoms with Gasteiger partial charge < -0.3 is 4.90 Å². The van der Waals surface area contributed by atoms with Gasteiger partial charge in [-0.05, 0) is 44.9 Å². The third kappa shape index (κ3) is 2.90. The molecule has 0 unspecified atom stereocenters. The molecule has 0 atom stereocenters. The van der Waals surface area contributed by atoms with Gasteiger partial charge in [-0.1, -0.05) is 26.0 Å². The molecule has 0 bridgehead atoms. The average molecular weight is 390 g/mol. The molecule has 29 heavy (non-hydrogen) atoms. The van der Waals surface area contributed by atoms with E-state index in [1.54, 1.807) is 6.92 Å². The number of aromatic amines is 1. The first-order valence-electron chi connectivity index (χ1n) is 10.2. The number of aryl methyl sites for hydroxylation is 2. The van der Waals surface area contributed by atoms with Crippen molar-refractivity contribution in [3.8, 4) is 0 Å². The highest BCUT2D eigenvalue weighted by molar-refractivity contribution is 6.36. The van der Waals surface area contributed by atoms with Gasteiger partial charge in [-0.2, -0.15) is 5.10 Å². The van der Waals surface area contributed by atoms with E-state index >= 15 is 0 Å². The second-order valence-corrected chi connectivity index (χ2v) is 7.58. The molecule has 1 aliphatic rings. The van der Waals surface area contributed by atoms with E-state index in [0.29, 0.717) is 28.2 Å². The molecule has 6 nitrogen and oxygen atoms in total. The van der Waals surface area contributed by atoms with Gasteiger partial charge in [0, 0.05) is 40.7 Å². The fourth-order valence-electron chi connectivity index (χ4n) is 4.33. The summed E-state index contributed by atoms with van der Waals surface area (Å²) >= 11 is 0. The Balaban J connectivity index is 1.93. The van der Waals surface area contributed by atoms with Crippen molar-refractivity contribution in [1.82, 2.24) is 10.2 Å². The molecule has 1 N–H and O–H groups in total. The zero-order valence-corrected chi connectivity index (χ0v) is 17.4. The van der Waals surface area contributed by atoms with Gasteiger partial charge in [-0.3, -0.25) is 14.7 Å². The second kappa shape index (κ2) is 7.35. The lowest BCUT2D eigenvalue weighted by atomic mass is 9.92. The summed E-state index contributed by atoms with van der Waals surface area (Å²) in [5.41, 5.74) is 4.09. The number of hydrogen-bond acceptors (Lipinski definition) is 4. The Morgan fingerprint density at radius 3 is 2.21 bits per heavy atom. The zero-order chi connectivity index (χ0) is 20.7. The Kier molecular flexibility index (Phi) is 4.86. The van der Waals surface area contributed by atoms with Crippen molar-refractivity contribution in [2.45, 2.75) is 40.5 Å². The lowest BCUT2D eigenvalue weighted by Gasteiger charge is -2.30. The van der Waals surface area contributed by atoms with Gasteiger partial charge in [0.05, 0.1) is 17.1 Å². The van der Waals surface area contributed by atoms with Crippen LogP contribution >= 0.6 is 0 Å². The number of rotatable bonds is 6. The average Bonchev–Trinajstić information content (AvgIpc) is 3.04. The molecule has 4 rings (SSSR count). The summed E-state index contributed by atoms with van der Waals surface area (Å²) in [6.45, 7) is 9.82. The van der Waals surface area contributed by atoms with E-state index < -0.39 is 0 Å². The summed E-state index contributed by atoms with van der Waals surface area (Å²) < 4.78 is 0. The monoisotopic (exact) mass is 390 g/mol. The minimum absolute atomic E-state index is 0.296. The zero-order valence-electron chi connectivity index (χ0n) is 17.4. The van der Waals surface area contributed by atoms with Gasteiger partial charge in [-0.25, -0.2) is 4.90 Å². The second-order valence-electron chi connectivity index (χ2n) is 7.58. The van der Waals surface area contributed by atoms with Crippen LogP contribution in [0, 0.1) is 13.8 Å². The van der Waals surface area contributed by atoms with Gasteiger partial charge in [-0.15, -0.1) is 0 Å². The molecule has 0 saturated heterocycles. The first-order chi connectivity index (χ1) is 14.0. The molecule has 0 radical (unpaired) electrons. The van der Waals surface area contributed by atoms with Crippen molar-refractivity contribution in [2.24, 2.45) is 0 Å². The number of H-pyrrole nitrogens is 1. The molecule has 6 heteroatoms. The third-order valence-corrected chi connectivity index (χ3v) is 5.53. The Morgan fingerprint density at radius 1 is 0.966 bits per heavy atom. The predicted octanol–water partition coefficient (Wildman–Crippen LogP) is 4.61. The van der Waals surface area contributed by atoms with E-state index in [1.165, 1.54) is 4.90 Å². The largest absolute Gasteiger partial charge is 0.371 e. The molecule has 0 aliphatic carbocycles. The summed E-state index contributed by atoms with van der Waals surface area (Å²) in [5, 5.41) is 8.76. The van der Waals surface area contributed by atoms with E-state index in [0.717, 1.165) is 42.4 Å². The summed E-state index contributed by atoms with van der Waals surface area (Å²) in [6.07, 6.45) is 2.07. The Bertz CT molecular complexity index is 1070. The fourth-order valence-corrected chi connectivity index (χ4v) is 4.33. The van der Waals surface area contributed by atoms with E-state index in [-0.39, 0.29) is 11.8 Å². The Hall–Kier alpha value is -3.15. The van der Waals surface area contributed by atoms with Gasteiger partial charge in [0.25, 0.3) is 11.8 Å². The number of imide groups is 1. The van der Waals surface area contributed by atoms with Gasteiger partial charge in [0.2, 0.25) is 0 Å². The summed E-state index contributed by atoms with van der Waals surface area (Å²) in [6, 6.07) is 9.62. The van der Waals surface area contributed by atoms with Gasteiger partial charge in [0.1, 0.15) is 0 Å². The molecule has 0 spiro atoms. The number of carbonyl (C=O) groups is 2. The lowest BCUT2D eigenvalue weighted by molar-refractivity contribution is 0.0893. The quantitative estimate of drug-likeness (QED) is 0.624. The topological polar surface area (TPSA) is 69.3 Å². The van der Waals surface area contributed by atoms with Crippen molar-refractivity contribution in [1.29, 1.82) is 0 Å². The molecule has 150 valence electrons. The molecule has 1 aromatic heterocycles. The van der Waals surface area contributed by atoms with Crippen molar-refractivity contribution in [2.75, 3.05) is 22.9 Å². The number of anilines is 2. The van der Waals surface area contributed by atoms with Crippen LogP contribution in [-0.4, -0.2) is 35.1 Å². The van der Waals surface area contributed by atoms with E-state index in [1.807, 2.05) is 37.3 Å². The number of hydrogen-bond donors (Lipinski definition) is 1. The maximum absolute atomic E-state index is 13.4. The van der Waals surface area contributed by atoms with Crippen LogP contribution in [0.3, 0.4) is 0 Å². The third-order valence-electron chi connectivity index (χ3n) is 5.53. The van der Waals surface area contributed by atoms with Crippen LogP contribution in [0.15, 0.2) is 30.3 Å². The minimum atomic E-state index is -0.296. The SMILES string of the molecule is CCCN(CCC)c1ccc2c3c(cccc13)C(=O)N(c1c(C)n[nH]c1C)C2=O. The molecule has 2 amide bonds. The predicted molar refractivity (Wildman–Crippen MR) is 116 cm³/mol. The molecule has 2 heterocycles. The van der Waals surface area contributed by atoms with E-state index in [4.69, 9.17) is 0 Å². The number of aromatic nitrogens is 2. The van der Waals surface area contributed by atoms with Crippen molar-refractivity contribution >= 4 is 34.0 Å². The maximum Gasteiger partial charge on any atom is 0.266 e. The van der Waals surface area contributed by atoms with Crippen LogP contribution in [0.4, 0.5) is 11.4 Å². The smallest absolute Gasteiger partial charge is 0.266 e. The van der Waals surface area contributed by atoms with E-state index in [9.17, 15) is 9.59 Å². The molecule has 3 aromatic rings. The van der Waals surface area contributed by atoms with Crippen LogP contribution in [-0.2, 0) is 0 Å². The highest BCUT2D eigenvalue weighted by Gasteiger charge is 2.36. The molecular weight excluding hydrogens is 364 g/mol. The van der Waals surface area contributed by atoms with Gasteiger partial charge >= 0.3 is 0 Å². The molecule has 1 aliphatic heterocycles. The number of nitrogens with zero attached hydrogens (tertiary/aromatic N) is 3. The number of nitrogens with one attached hydrogen (secondary N) is 1. The van der Waals surface area contributed by atoms with Gasteiger partial charge in [0.15, 0.2) is 0 Å². The molecule has 0 saturated carbocycles. The normalized spacial score (nSPS) is 13.4. The van der Waals surface area contributed by atoms with Crippen LogP contribution in [0.5, 0.6) is 0 Å². The summed E-state index contributed by atoms with van der Waals surface area (Å²) in [5.74, 6) is -0.592. The number of benzene rings is 2. The summed E-state index contributed by atoms with van der Waals surface area (Å²) in [7, 11) is 0. The van der Waals surface area contributed by atoms with Crippen LogP contribution < -0.4 is 9.80 Å². The van der Waals surface area contributed by atoms with E-state index in [2.05, 4.69) is 28.9 Å². The lowest BCUT2D eigenvalue weighted by Crippen LogP contribution is -2.41. The maximum atomic E-state index is 13.4.